The van der Waals surface area contributed by atoms with Crippen LogP contribution in [0.2, 0.25) is 0 Å². The van der Waals surface area contributed by atoms with E-state index in [9.17, 15) is 10.1 Å². The van der Waals surface area contributed by atoms with Crippen molar-refractivity contribution in [2.75, 3.05) is 12.4 Å². The van der Waals surface area contributed by atoms with Crippen molar-refractivity contribution in [3.8, 4) is 5.75 Å². The molecular weight excluding hydrogens is 248 g/mol. The number of nitrogens with one attached hydrogen (secondary N) is 1. The van der Waals surface area contributed by atoms with E-state index < -0.39 is 4.92 Å². The Bertz CT molecular complexity index is 594. The molecule has 1 aromatic heterocycles. The van der Waals surface area contributed by atoms with E-state index in [0.717, 1.165) is 5.69 Å². The number of hydrogen-bond donors (Lipinski definition) is 1. The number of hydrogen-bond acceptors (Lipinski definition) is 5. The van der Waals surface area contributed by atoms with Gasteiger partial charge in [0.2, 0.25) is 0 Å². The number of ether oxygens (including phenoxy) is 1. The average Bonchev–Trinajstić information content (AvgIpc) is 2.82. The first kappa shape index (κ1) is 12.9. The molecule has 0 aliphatic rings. The number of methoxy groups -OCH3 is 1. The molecule has 0 aliphatic heterocycles. The van der Waals surface area contributed by atoms with E-state index in [2.05, 4.69) is 10.4 Å². The first-order valence-electron chi connectivity index (χ1n) is 5.65. The van der Waals surface area contributed by atoms with Gasteiger partial charge in [0.25, 0.3) is 5.69 Å². The van der Waals surface area contributed by atoms with Crippen molar-refractivity contribution < 1.29 is 9.66 Å². The van der Waals surface area contributed by atoms with E-state index >= 15 is 0 Å². The van der Waals surface area contributed by atoms with Crippen LogP contribution in [0.25, 0.3) is 0 Å². The molecule has 0 radical (unpaired) electrons. The smallest absolute Gasteiger partial charge is 0.296 e. The van der Waals surface area contributed by atoms with E-state index in [4.69, 9.17) is 4.74 Å². The first-order chi connectivity index (χ1) is 9.10. The van der Waals surface area contributed by atoms with Crippen molar-refractivity contribution in [3.63, 3.8) is 0 Å². The molecule has 0 aliphatic carbocycles. The second-order valence-corrected chi connectivity index (χ2v) is 3.97. The van der Waals surface area contributed by atoms with Crippen LogP contribution in [0, 0.1) is 10.1 Å². The summed E-state index contributed by atoms with van der Waals surface area (Å²) in [6.07, 6.45) is 1.82. The number of aryl methyl sites for hydroxylation is 1. The second-order valence-electron chi connectivity index (χ2n) is 3.97. The van der Waals surface area contributed by atoms with Crippen LogP contribution in [0.15, 0.2) is 30.5 Å². The Balaban J connectivity index is 2.17. The van der Waals surface area contributed by atoms with Crippen LogP contribution in [-0.2, 0) is 13.6 Å². The molecule has 100 valence electrons. The van der Waals surface area contributed by atoms with Gasteiger partial charge in [-0.05, 0) is 18.2 Å². The van der Waals surface area contributed by atoms with Crippen molar-refractivity contribution in [1.29, 1.82) is 0 Å². The van der Waals surface area contributed by atoms with Gasteiger partial charge in [0.1, 0.15) is 11.4 Å². The monoisotopic (exact) mass is 262 g/mol. The summed E-state index contributed by atoms with van der Waals surface area (Å²) in [5.41, 5.74) is 1.24. The third-order valence-corrected chi connectivity index (χ3v) is 2.63. The van der Waals surface area contributed by atoms with E-state index in [1.54, 1.807) is 16.8 Å². The molecule has 0 bridgehead atoms. The fraction of sp³-hybridized carbons (Fsp3) is 0.250. The predicted octanol–water partition coefficient (Wildman–Crippen LogP) is 1.95. The maximum atomic E-state index is 11.0. The standard InChI is InChI=1S/C12H14N4O3/c1-15-6-5-9(14-15)8-13-11-4-3-10(19-2)7-12(11)16(17)18/h3-7,13H,8H2,1-2H3. The maximum Gasteiger partial charge on any atom is 0.296 e. The van der Waals surface area contributed by atoms with Gasteiger partial charge in [-0.25, -0.2) is 0 Å². The minimum Gasteiger partial charge on any atom is -0.496 e. The molecule has 2 aromatic rings. The third kappa shape index (κ3) is 3.01. The minimum atomic E-state index is -0.441. The van der Waals surface area contributed by atoms with Crippen LogP contribution < -0.4 is 10.1 Å². The van der Waals surface area contributed by atoms with Gasteiger partial charge in [0.15, 0.2) is 0 Å². The summed E-state index contributed by atoms with van der Waals surface area (Å²) in [5.74, 6) is 0.454. The van der Waals surface area contributed by atoms with E-state index in [0.29, 0.717) is 18.0 Å². The van der Waals surface area contributed by atoms with Crippen LogP contribution in [0.3, 0.4) is 0 Å². The average molecular weight is 262 g/mol. The highest BCUT2D eigenvalue weighted by molar-refractivity contribution is 5.63. The molecule has 0 atom stereocenters. The quantitative estimate of drug-likeness (QED) is 0.657. The summed E-state index contributed by atoms with van der Waals surface area (Å²) >= 11 is 0. The first-order valence-corrected chi connectivity index (χ1v) is 5.65. The summed E-state index contributed by atoms with van der Waals surface area (Å²) in [5, 5.41) is 18.2. The number of nitro groups is 1. The zero-order valence-electron chi connectivity index (χ0n) is 10.7. The normalized spacial score (nSPS) is 10.2. The van der Waals surface area contributed by atoms with Crippen LogP contribution in [0.4, 0.5) is 11.4 Å². The Kier molecular flexibility index (Phi) is 3.65. The SMILES string of the molecule is COc1ccc(NCc2ccn(C)n2)c([N+](=O)[O-])c1. The molecule has 7 nitrogen and oxygen atoms in total. The molecule has 2 rings (SSSR count). The number of nitro benzene ring substituents is 1. The zero-order valence-corrected chi connectivity index (χ0v) is 10.7. The van der Waals surface area contributed by atoms with Gasteiger partial charge in [-0.3, -0.25) is 14.8 Å². The second kappa shape index (κ2) is 5.38. The van der Waals surface area contributed by atoms with E-state index in [-0.39, 0.29) is 5.69 Å². The highest BCUT2D eigenvalue weighted by Gasteiger charge is 2.15. The van der Waals surface area contributed by atoms with Crippen molar-refractivity contribution >= 4 is 11.4 Å². The molecule has 0 amide bonds. The lowest BCUT2D eigenvalue weighted by Gasteiger charge is -2.07. The number of nitrogens with zero attached hydrogens (tertiary/aromatic N) is 3. The number of benzene rings is 1. The van der Waals surface area contributed by atoms with Gasteiger partial charge in [-0.2, -0.15) is 5.10 Å². The Morgan fingerprint density at radius 1 is 1.47 bits per heavy atom. The Morgan fingerprint density at radius 2 is 2.26 bits per heavy atom. The lowest BCUT2D eigenvalue weighted by Crippen LogP contribution is -2.04. The van der Waals surface area contributed by atoms with Crippen LogP contribution in [0.5, 0.6) is 5.75 Å². The van der Waals surface area contributed by atoms with E-state index in [1.165, 1.54) is 13.2 Å². The minimum absolute atomic E-state index is 0.0183. The van der Waals surface area contributed by atoms with Crippen LogP contribution in [0.1, 0.15) is 5.69 Å². The lowest BCUT2D eigenvalue weighted by atomic mass is 10.2. The molecule has 1 N–H and O–H groups in total. The number of rotatable bonds is 5. The summed E-state index contributed by atoms with van der Waals surface area (Å²) in [7, 11) is 3.29. The maximum absolute atomic E-state index is 11.0. The summed E-state index contributed by atoms with van der Waals surface area (Å²) in [6, 6.07) is 6.54. The molecule has 0 saturated heterocycles. The molecule has 1 heterocycles. The predicted molar refractivity (Wildman–Crippen MR) is 70.2 cm³/mol. The fourth-order valence-electron chi connectivity index (χ4n) is 1.68. The van der Waals surface area contributed by atoms with Gasteiger partial charge in [-0.1, -0.05) is 0 Å². The Morgan fingerprint density at radius 3 is 2.84 bits per heavy atom. The van der Waals surface area contributed by atoms with Gasteiger partial charge in [0, 0.05) is 13.2 Å². The van der Waals surface area contributed by atoms with Crippen molar-refractivity contribution in [1.82, 2.24) is 9.78 Å². The van der Waals surface area contributed by atoms with Crippen LogP contribution >= 0.6 is 0 Å². The summed E-state index contributed by atoms with van der Waals surface area (Å²) in [4.78, 5) is 10.6. The summed E-state index contributed by atoms with van der Waals surface area (Å²) in [6.45, 7) is 0.425. The molecule has 0 spiro atoms. The van der Waals surface area contributed by atoms with Crippen LogP contribution in [-0.4, -0.2) is 21.8 Å². The van der Waals surface area contributed by atoms with Crippen molar-refractivity contribution in [2.24, 2.45) is 7.05 Å². The van der Waals surface area contributed by atoms with Crippen molar-refractivity contribution in [2.45, 2.75) is 6.54 Å². The largest absolute Gasteiger partial charge is 0.496 e. The molecule has 1 aromatic carbocycles. The Hall–Kier alpha value is -2.57. The molecule has 0 saturated carbocycles. The van der Waals surface area contributed by atoms with Gasteiger partial charge in [0.05, 0.1) is 30.3 Å². The Labute approximate surface area is 110 Å². The molecule has 19 heavy (non-hydrogen) atoms. The fourth-order valence-corrected chi connectivity index (χ4v) is 1.68. The summed E-state index contributed by atoms with van der Waals surface area (Å²) < 4.78 is 6.66. The third-order valence-electron chi connectivity index (χ3n) is 2.63. The molecule has 7 heteroatoms. The molecular formula is C12H14N4O3. The topological polar surface area (TPSA) is 82.2 Å². The number of anilines is 1. The highest BCUT2D eigenvalue weighted by atomic mass is 16.6. The van der Waals surface area contributed by atoms with Crippen molar-refractivity contribution in [3.05, 3.63) is 46.3 Å². The van der Waals surface area contributed by atoms with Gasteiger partial charge >= 0.3 is 0 Å². The molecule has 0 fully saturated rings. The number of aromatic nitrogens is 2. The highest BCUT2D eigenvalue weighted by Crippen LogP contribution is 2.29. The van der Waals surface area contributed by atoms with E-state index in [1.807, 2.05) is 19.3 Å². The van der Waals surface area contributed by atoms with Gasteiger partial charge < -0.3 is 10.1 Å². The zero-order chi connectivity index (χ0) is 13.8. The molecule has 0 unspecified atom stereocenters. The lowest BCUT2D eigenvalue weighted by molar-refractivity contribution is -0.384. The van der Waals surface area contributed by atoms with Gasteiger partial charge in [-0.15, -0.1) is 0 Å².